The number of nitrogens with one attached hydrogen (secondary N) is 1. The minimum atomic E-state index is -0.589. The molecular weight excluding hydrogens is 243 g/mol. The van der Waals surface area contributed by atoms with Gasteiger partial charge in [0.15, 0.2) is 0 Å². The number of hydrogen-bond donors (Lipinski definition) is 1. The standard InChI is InChI=1S/C6H8IN2O/c1-4-5(8-2)3-9-7-6(4)10/h3,8H,1-2H3/q-1. The third-order valence-electron chi connectivity index (χ3n) is 1.27. The van der Waals surface area contributed by atoms with E-state index in [4.69, 9.17) is 0 Å². The van der Waals surface area contributed by atoms with Crippen LogP contribution in [0.1, 0.15) is 6.92 Å². The van der Waals surface area contributed by atoms with Gasteiger partial charge in [0, 0.05) is 0 Å². The predicted molar refractivity (Wildman–Crippen MR) is 35.3 cm³/mol. The molecule has 0 bridgehead atoms. The van der Waals surface area contributed by atoms with Crippen LogP contribution in [0.25, 0.3) is 0 Å². The number of carbonyl (C=O) groups excluding carboxylic acids is 1. The summed E-state index contributed by atoms with van der Waals surface area (Å²) in [5.41, 5.74) is 1.68. The summed E-state index contributed by atoms with van der Waals surface area (Å²) in [5, 5.41) is 2.91. The van der Waals surface area contributed by atoms with Crippen molar-refractivity contribution in [3.63, 3.8) is 0 Å². The molecule has 3 nitrogen and oxygen atoms in total. The SMILES string of the molecule is CNC1=C(C)C(=O)[I-]N=C1. The summed E-state index contributed by atoms with van der Waals surface area (Å²) in [4.78, 5) is 11.0. The Morgan fingerprint density at radius 1 is 1.70 bits per heavy atom. The van der Waals surface area contributed by atoms with Crippen LogP contribution in [0.4, 0.5) is 0 Å². The third kappa shape index (κ3) is 1.36. The van der Waals surface area contributed by atoms with Gasteiger partial charge in [0.25, 0.3) is 0 Å². The third-order valence-corrected chi connectivity index (χ3v) is 3.08. The molecule has 1 N–H and O–H groups in total. The first-order chi connectivity index (χ1) is 4.75. The molecule has 4 heteroatoms. The Morgan fingerprint density at radius 3 is 2.90 bits per heavy atom. The van der Waals surface area contributed by atoms with Gasteiger partial charge in [-0.15, -0.1) is 0 Å². The summed E-state index contributed by atoms with van der Waals surface area (Å²) in [6.07, 6.45) is 1.74. The van der Waals surface area contributed by atoms with E-state index in [2.05, 4.69) is 8.52 Å². The number of nitrogens with zero attached hydrogens (tertiary/aromatic N) is 1. The van der Waals surface area contributed by atoms with Crippen molar-refractivity contribution in [1.82, 2.24) is 5.32 Å². The van der Waals surface area contributed by atoms with Crippen LogP contribution in [0.15, 0.2) is 14.5 Å². The molecule has 0 fully saturated rings. The molecule has 0 aromatic rings. The predicted octanol–water partition coefficient (Wildman–Crippen LogP) is -2.91. The average molecular weight is 251 g/mol. The first-order valence-corrected chi connectivity index (χ1v) is 4.90. The Hall–Kier alpha value is -0.390. The molecule has 0 aliphatic carbocycles. The van der Waals surface area contributed by atoms with Gasteiger partial charge in [-0.2, -0.15) is 0 Å². The van der Waals surface area contributed by atoms with Gasteiger partial charge in [-0.1, -0.05) is 0 Å². The second-order valence-corrected chi connectivity index (χ2v) is 3.89. The molecule has 0 saturated carbocycles. The van der Waals surface area contributed by atoms with E-state index in [0.717, 1.165) is 11.3 Å². The van der Waals surface area contributed by atoms with Crippen LogP contribution in [-0.4, -0.2) is 17.1 Å². The maximum absolute atomic E-state index is 11.0. The van der Waals surface area contributed by atoms with E-state index < -0.39 is 21.5 Å². The Labute approximate surface area is 70.2 Å². The molecule has 1 aliphatic rings. The van der Waals surface area contributed by atoms with Crippen molar-refractivity contribution in [1.29, 1.82) is 0 Å². The molecule has 0 spiro atoms. The molecule has 56 valence electrons. The summed E-state index contributed by atoms with van der Waals surface area (Å²) in [6, 6.07) is 0. The van der Waals surface area contributed by atoms with Crippen LogP contribution in [0.2, 0.25) is 0 Å². The Bertz CT molecular complexity index is 220. The zero-order valence-corrected chi connectivity index (χ0v) is 7.97. The van der Waals surface area contributed by atoms with E-state index in [-0.39, 0.29) is 3.79 Å². The van der Waals surface area contributed by atoms with Gasteiger partial charge in [-0.3, -0.25) is 0 Å². The molecule has 0 aromatic carbocycles. The summed E-state index contributed by atoms with van der Waals surface area (Å²) < 4.78 is 4.19. The Morgan fingerprint density at radius 2 is 2.40 bits per heavy atom. The fraction of sp³-hybridized carbons (Fsp3) is 0.333. The van der Waals surface area contributed by atoms with E-state index in [1.54, 1.807) is 13.3 Å². The van der Waals surface area contributed by atoms with Crippen LogP contribution in [0.5, 0.6) is 0 Å². The molecule has 0 saturated heterocycles. The van der Waals surface area contributed by atoms with Gasteiger partial charge in [0.2, 0.25) is 0 Å². The molecule has 0 atom stereocenters. The van der Waals surface area contributed by atoms with Crippen LogP contribution in [0.3, 0.4) is 0 Å². The van der Waals surface area contributed by atoms with Crippen molar-refractivity contribution in [2.24, 2.45) is 3.21 Å². The van der Waals surface area contributed by atoms with Gasteiger partial charge in [-0.25, -0.2) is 0 Å². The number of halogens is 1. The van der Waals surface area contributed by atoms with E-state index in [0.29, 0.717) is 0 Å². The summed E-state index contributed by atoms with van der Waals surface area (Å²) in [7, 11) is 1.79. The normalized spacial score (nSPS) is 18.8. The number of rotatable bonds is 1. The molecular formula is C6H8IN2O-. The molecule has 0 amide bonds. The van der Waals surface area contributed by atoms with Crippen molar-refractivity contribution in [2.75, 3.05) is 7.05 Å². The number of allylic oxidation sites excluding steroid dienone is 2. The summed E-state index contributed by atoms with van der Waals surface area (Å²) in [6.45, 7) is 1.83. The Balaban J connectivity index is 2.93. The molecule has 1 aliphatic heterocycles. The second-order valence-electron chi connectivity index (χ2n) is 1.87. The van der Waals surface area contributed by atoms with Crippen LogP contribution < -0.4 is 26.8 Å². The molecule has 10 heavy (non-hydrogen) atoms. The van der Waals surface area contributed by atoms with Gasteiger partial charge < -0.3 is 0 Å². The zero-order chi connectivity index (χ0) is 7.56. The van der Waals surface area contributed by atoms with E-state index in [9.17, 15) is 4.79 Å². The second kappa shape index (κ2) is 3.14. The maximum atomic E-state index is 11.0. The van der Waals surface area contributed by atoms with Gasteiger partial charge in [-0.05, 0) is 0 Å². The van der Waals surface area contributed by atoms with Crippen molar-refractivity contribution in [2.45, 2.75) is 6.92 Å². The minimum absolute atomic E-state index is 0.214. The zero-order valence-electron chi connectivity index (χ0n) is 5.81. The van der Waals surface area contributed by atoms with E-state index in [1.165, 1.54) is 0 Å². The van der Waals surface area contributed by atoms with Crippen molar-refractivity contribution >= 4 is 10.0 Å². The fourth-order valence-electron chi connectivity index (χ4n) is 0.636. The van der Waals surface area contributed by atoms with E-state index in [1.807, 2.05) is 6.92 Å². The van der Waals surface area contributed by atoms with Gasteiger partial charge in [0.1, 0.15) is 0 Å². The quantitative estimate of drug-likeness (QED) is 0.401. The van der Waals surface area contributed by atoms with Crippen LogP contribution >= 0.6 is 0 Å². The monoisotopic (exact) mass is 251 g/mol. The van der Waals surface area contributed by atoms with Gasteiger partial charge in [0.05, 0.1) is 0 Å². The van der Waals surface area contributed by atoms with Crippen molar-refractivity contribution < 1.29 is 26.3 Å². The summed E-state index contributed by atoms with van der Waals surface area (Å²) in [5.74, 6) is 0. The van der Waals surface area contributed by atoms with Crippen molar-refractivity contribution in [3.8, 4) is 0 Å². The fourth-order valence-corrected chi connectivity index (χ4v) is 1.96. The molecule has 0 radical (unpaired) electrons. The Kier molecular flexibility index (Phi) is 2.42. The van der Waals surface area contributed by atoms with E-state index >= 15 is 0 Å². The first kappa shape index (κ1) is 7.71. The first-order valence-electron chi connectivity index (χ1n) is 2.86. The molecule has 0 aromatic heterocycles. The topological polar surface area (TPSA) is 41.5 Å². The van der Waals surface area contributed by atoms with Crippen LogP contribution in [0, 0.1) is 0 Å². The van der Waals surface area contributed by atoms with Gasteiger partial charge >= 0.3 is 70.0 Å². The summed E-state index contributed by atoms with van der Waals surface area (Å²) >= 11 is -0.589. The van der Waals surface area contributed by atoms with Crippen molar-refractivity contribution in [3.05, 3.63) is 11.3 Å². The molecule has 1 rings (SSSR count). The van der Waals surface area contributed by atoms with Crippen LogP contribution in [-0.2, 0) is 4.79 Å². The molecule has 0 unspecified atom stereocenters. The molecule has 1 heterocycles. The number of hydrogen-bond acceptors (Lipinski definition) is 3. The average Bonchev–Trinajstić information content (AvgIpc) is 1.95. The number of carbonyl (C=O) groups is 1.